The molecule has 0 spiro atoms. The van der Waals surface area contributed by atoms with Gasteiger partial charge in [-0.15, -0.1) is 0 Å². The Morgan fingerprint density at radius 1 is 1.12 bits per heavy atom. The largest absolute Gasteiger partial charge is 0.339 e. The summed E-state index contributed by atoms with van der Waals surface area (Å²) in [5.41, 5.74) is 1.76. The second-order valence-corrected chi connectivity index (χ2v) is 7.35. The third kappa shape index (κ3) is 3.07. The molecule has 7 nitrogen and oxygen atoms in total. The number of aromatic nitrogens is 2. The quantitative estimate of drug-likeness (QED) is 0.794. The summed E-state index contributed by atoms with van der Waals surface area (Å²) in [6.45, 7) is 3.96. The minimum Gasteiger partial charge on any atom is -0.339 e. The molecule has 2 heterocycles. The van der Waals surface area contributed by atoms with Gasteiger partial charge in [0.25, 0.3) is 5.56 Å². The maximum absolute atomic E-state index is 12.8. The standard InChI is InChI=1S/C18H24N4O3/c1-12(22-16(23)11-14-3-2-4-15(14)19-22)17(24)20-7-9-21(10-8-20)18(25)13-5-6-13/h11-13H,2-10H2,1H3. The Balaban J connectivity index is 1.43. The van der Waals surface area contributed by atoms with Crippen LogP contribution in [0.3, 0.4) is 0 Å². The molecule has 3 aliphatic rings. The van der Waals surface area contributed by atoms with E-state index in [2.05, 4.69) is 5.10 Å². The summed E-state index contributed by atoms with van der Waals surface area (Å²) in [6, 6.07) is 1.02. The number of aryl methyl sites for hydroxylation is 2. The Labute approximate surface area is 146 Å². The number of amides is 2. The first-order chi connectivity index (χ1) is 12.0. The van der Waals surface area contributed by atoms with Crippen molar-refractivity contribution in [2.24, 2.45) is 5.92 Å². The summed E-state index contributed by atoms with van der Waals surface area (Å²) in [7, 11) is 0. The lowest BCUT2D eigenvalue weighted by Gasteiger charge is -2.36. The van der Waals surface area contributed by atoms with Gasteiger partial charge in [0.15, 0.2) is 0 Å². The summed E-state index contributed by atoms with van der Waals surface area (Å²) in [4.78, 5) is 40.8. The van der Waals surface area contributed by atoms with Crippen molar-refractivity contribution in [3.8, 4) is 0 Å². The summed E-state index contributed by atoms with van der Waals surface area (Å²) in [5, 5.41) is 4.44. The maximum atomic E-state index is 12.8. The van der Waals surface area contributed by atoms with Crippen molar-refractivity contribution in [3.63, 3.8) is 0 Å². The van der Waals surface area contributed by atoms with Gasteiger partial charge in [-0.2, -0.15) is 5.10 Å². The number of fused-ring (bicyclic) bond motifs is 1. The SMILES string of the molecule is CC(C(=O)N1CCN(C(=O)C2CC2)CC1)n1nc2c(cc1=O)CCC2. The Bertz CT molecular complexity index is 760. The van der Waals surface area contributed by atoms with Crippen LogP contribution in [-0.2, 0) is 22.4 Å². The van der Waals surface area contributed by atoms with E-state index in [4.69, 9.17) is 0 Å². The van der Waals surface area contributed by atoms with E-state index in [-0.39, 0.29) is 23.3 Å². The van der Waals surface area contributed by atoms with Crippen LogP contribution in [0.4, 0.5) is 0 Å². The lowest BCUT2D eigenvalue weighted by atomic mass is 10.2. The van der Waals surface area contributed by atoms with Gasteiger partial charge >= 0.3 is 0 Å². The zero-order chi connectivity index (χ0) is 17.6. The van der Waals surface area contributed by atoms with Gasteiger partial charge in [0.1, 0.15) is 6.04 Å². The van der Waals surface area contributed by atoms with Gasteiger partial charge < -0.3 is 9.80 Å². The lowest BCUT2D eigenvalue weighted by Crippen LogP contribution is -2.52. The second-order valence-electron chi connectivity index (χ2n) is 7.35. The number of carbonyl (C=O) groups excluding carboxylic acids is 2. The van der Waals surface area contributed by atoms with Crippen LogP contribution < -0.4 is 5.56 Å². The van der Waals surface area contributed by atoms with E-state index in [1.807, 2.05) is 4.90 Å². The molecule has 1 saturated heterocycles. The summed E-state index contributed by atoms with van der Waals surface area (Å²) >= 11 is 0. The number of hydrogen-bond acceptors (Lipinski definition) is 4. The van der Waals surface area contributed by atoms with Gasteiger partial charge in [-0.25, -0.2) is 4.68 Å². The van der Waals surface area contributed by atoms with Crippen LogP contribution in [0.5, 0.6) is 0 Å². The van der Waals surface area contributed by atoms with Crippen molar-refractivity contribution >= 4 is 11.8 Å². The highest BCUT2D eigenvalue weighted by Gasteiger charge is 2.36. The number of piperazine rings is 1. The van der Waals surface area contributed by atoms with Crippen LogP contribution in [-0.4, -0.2) is 57.6 Å². The molecule has 7 heteroatoms. The molecular formula is C18H24N4O3. The van der Waals surface area contributed by atoms with E-state index in [0.717, 1.165) is 43.4 Å². The van der Waals surface area contributed by atoms with Gasteiger partial charge in [0.2, 0.25) is 11.8 Å². The van der Waals surface area contributed by atoms with E-state index in [0.29, 0.717) is 26.2 Å². The van der Waals surface area contributed by atoms with Crippen LogP contribution in [0.1, 0.15) is 43.5 Å². The highest BCUT2D eigenvalue weighted by atomic mass is 16.2. The number of hydrogen-bond donors (Lipinski definition) is 0. The molecule has 1 saturated carbocycles. The van der Waals surface area contributed by atoms with Crippen molar-refractivity contribution in [1.82, 2.24) is 19.6 Å². The first kappa shape index (κ1) is 16.3. The predicted octanol–water partition coefficient (Wildman–Crippen LogP) is 0.374. The molecule has 4 rings (SSSR count). The van der Waals surface area contributed by atoms with E-state index in [1.54, 1.807) is 17.9 Å². The molecule has 1 atom stereocenters. The second kappa shape index (κ2) is 6.28. The maximum Gasteiger partial charge on any atom is 0.267 e. The number of rotatable bonds is 3. The normalized spacial score (nSPS) is 21.2. The molecule has 2 amide bonds. The number of carbonyl (C=O) groups is 2. The van der Waals surface area contributed by atoms with Crippen molar-refractivity contribution in [1.29, 1.82) is 0 Å². The lowest BCUT2D eigenvalue weighted by molar-refractivity contribution is -0.142. The smallest absolute Gasteiger partial charge is 0.267 e. The zero-order valence-corrected chi connectivity index (χ0v) is 14.6. The van der Waals surface area contributed by atoms with Crippen LogP contribution in [0, 0.1) is 5.92 Å². The van der Waals surface area contributed by atoms with Crippen molar-refractivity contribution < 1.29 is 9.59 Å². The van der Waals surface area contributed by atoms with Crippen LogP contribution in [0.15, 0.2) is 10.9 Å². The third-order valence-corrected chi connectivity index (χ3v) is 5.54. The molecule has 2 aliphatic carbocycles. The van der Waals surface area contributed by atoms with E-state index in [9.17, 15) is 14.4 Å². The summed E-state index contributed by atoms with van der Waals surface area (Å²) in [6.07, 6.45) is 4.80. The highest BCUT2D eigenvalue weighted by molar-refractivity contribution is 5.82. The van der Waals surface area contributed by atoms with Crippen molar-refractivity contribution in [2.45, 2.75) is 45.1 Å². The average Bonchev–Trinajstić information content (AvgIpc) is 3.38. The minimum atomic E-state index is -0.607. The molecule has 1 unspecified atom stereocenters. The van der Waals surface area contributed by atoms with Gasteiger partial charge in [0.05, 0.1) is 5.69 Å². The Morgan fingerprint density at radius 3 is 2.48 bits per heavy atom. The van der Waals surface area contributed by atoms with E-state index < -0.39 is 6.04 Å². The highest BCUT2D eigenvalue weighted by Crippen LogP contribution is 2.31. The monoisotopic (exact) mass is 344 g/mol. The molecule has 1 aromatic rings. The first-order valence-electron chi connectivity index (χ1n) is 9.24. The summed E-state index contributed by atoms with van der Waals surface area (Å²) < 4.78 is 1.33. The molecule has 0 radical (unpaired) electrons. The zero-order valence-electron chi connectivity index (χ0n) is 14.6. The van der Waals surface area contributed by atoms with Gasteiger partial charge in [-0.05, 0) is 44.6 Å². The van der Waals surface area contributed by atoms with Crippen LogP contribution >= 0.6 is 0 Å². The molecule has 0 aromatic carbocycles. The Kier molecular flexibility index (Phi) is 4.09. The molecule has 2 fully saturated rings. The number of nitrogens with zero attached hydrogens (tertiary/aromatic N) is 4. The molecule has 0 bridgehead atoms. The summed E-state index contributed by atoms with van der Waals surface area (Å²) in [5.74, 6) is 0.359. The van der Waals surface area contributed by atoms with Gasteiger partial charge in [0, 0.05) is 38.2 Å². The predicted molar refractivity (Wildman–Crippen MR) is 91.1 cm³/mol. The molecule has 1 aliphatic heterocycles. The van der Waals surface area contributed by atoms with Crippen molar-refractivity contribution in [3.05, 3.63) is 27.7 Å². The van der Waals surface area contributed by atoms with Crippen LogP contribution in [0.25, 0.3) is 0 Å². The van der Waals surface area contributed by atoms with Gasteiger partial charge in [-0.1, -0.05) is 0 Å². The van der Waals surface area contributed by atoms with E-state index >= 15 is 0 Å². The fourth-order valence-corrected chi connectivity index (χ4v) is 3.80. The minimum absolute atomic E-state index is 0.0916. The molecular weight excluding hydrogens is 320 g/mol. The fraction of sp³-hybridized carbons (Fsp3) is 0.667. The Hall–Kier alpha value is -2.18. The molecule has 134 valence electrons. The van der Waals surface area contributed by atoms with E-state index in [1.165, 1.54) is 4.68 Å². The average molecular weight is 344 g/mol. The third-order valence-electron chi connectivity index (χ3n) is 5.54. The fourth-order valence-electron chi connectivity index (χ4n) is 3.80. The molecule has 0 N–H and O–H groups in total. The van der Waals surface area contributed by atoms with Crippen molar-refractivity contribution in [2.75, 3.05) is 26.2 Å². The molecule has 25 heavy (non-hydrogen) atoms. The van der Waals surface area contributed by atoms with Crippen LogP contribution in [0.2, 0.25) is 0 Å². The first-order valence-corrected chi connectivity index (χ1v) is 9.24. The molecule has 1 aromatic heterocycles. The van der Waals surface area contributed by atoms with Gasteiger partial charge in [-0.3, -0.25) is 14.4 Å². The topological polar surface area (TPSA) is 75.5 Å². The Morgan fingerprint density at radius 2 is 1.80 bits per heavy atom.